The van der Waals surface area contributed by atoms with Crippen molar-refractivity contribution in [3.8, 4) is 11.3 Å². The van der Waals surface area contributed by atoms with Gasteiger partial charge in [-0.3, -0.25) is 4.98 Å². The van der Waals surface area contributed by atoms with Crippen LogP contribution in [0.15, 0.2) is 42.5 Å². The zero-order valence-corrected chi connectivity index (χ0v) is 16.6. The lowest BCUT2D eigenvalue weighted by atomic mass is 9.91. The van der Waals surface area contributed by atoms with E-state index in [1.807, 2.05) is 6.07 Å². The number of aromatic nitrogens is 3. The molecule has 2 heterocycles. The van der Waals surface area contributed by atoms with E-state index in [1.54, 1.807) is 18.2 Å². The minimum Gasteiger partial charge on any atom is -0.393 e. The molecule has 2 unspecified atom stereocenters. The van der Waals surface area contributed by atoms with Crippen molar-refractivity contribution < 1.29 is 19.0 Å². The van der Waals surface area contributed by atoms with Gasteiger partial charge in [0.05, 0.1) is 29.3 Å². The average molecular weight is 411 g/mol. The Kier molecular flexibility index (Phi) is 5.83. The summed E-state index contributed by atoms with van der Waals surface area (Å²) >= 11 is 0. The first-order valence-corrected chi connectivity index (χ1v) is 10.1. The van der Waals surface area contributed by atoms with Gasteiger partial charge in [-0.15, -0.1) is 5.10 Å². The van der Waals surface area contributed by atoms with Crippen LogP contribution in [0.1, 0.15) is 66.8 Å². The molecule has 1 aliphatic rings. The number of hydrogen-bond acceptors (Lipinski definition) is 5. The highest BCUT2D eigenvalue weighted by atomic mass is 19.1. The molecule has 1 aliphatic carbocycles. The molecule has 0 fully saturated rings. The van der Waals surface area contributed by atoms with Crippen LogP contribution in [0.4, 0.5) is 8.78 Å². The summed E-state index contributed by atoms with van der Waals surface area (Å²) in [6, 6.07) is 10.8. The Morgan fingerprint density at radius 1 is 1.07 bits per heavy atom. The Labute approximate surface area is 173 Å². The van der Waals surface area contributed by atoms with Crippen LogP contribution in [0.2, 0.25) is 0 Å². The molecule has 156 valence electrons. The Hall–Kier alpha value is -2.77. The molecule has 3 aromatic rings. The molecule has 0 saturated heterocycles. The number of fused-ring (bicyclic) bond motifs is 1. The Morgan fingerprint density at radius 2 is 1.80 bits per heavy atom. The molecule has 2 aromatic heterocycles. The summed E-state index contributed by atoms with van der Waals surface area (Å²) in [5.41, 5.74) is 2.77. The van der Waals surface area contributed by atoms with E-state index in [1.165, 1.54) is 18.2 Å². The number of rotatable bonds is 4. The molecule has 0 aliphatic heterocycles. The van der Waals surface area contributed by atoms with Gasteiger partial charge in [0.1, 0.15) is 17.7 Å². The molecule has 0 bridgehead atoms. The summed E-state index contributed by atoms with van der Waals surface area (Å²) in [5, 5.41) is 27.8. The number of hydrogen-bond donors (Lipinski definition) is 2. The summed E-state index contributed by atoms with van der Waals surface area (Å²) in [4.78, 5) is 4.54. The van der Waals surface area contributed by atoms with Crippen molar-refractivity contribution in [1.82, 2.24) is 15.2 Å². The number of pyridine rings is 1. The van der Waals surface area contributed by atoms with Crippen LogP contribution in [0.3, 0.4) is 0 Å². The molecule has 30 heavy (non-hydrogen) atoms. The first kappa shape index (κ1) is 20.5. The van der Waals surface area contributed by atoms with Crippen LogP contribution in [-0.4, -0.2) is 32.0 Å². The Morgan fingerprint density at radius 3 is 2.53 bits per heavy atom. The normalized spacial score (nSPS) is 19.8. The lowest BCUT2D eigenvalue weighted by Crippen LogP contribution is -2.12. The summed E-state index contributed by atoms with van der Waals surface area (Å²) in [6.45, 7) is 1.66. The van der Waals surface area contributed by atoms with E-state index in [4.69, 9.17) is 0 Å². The fraction of sp³-hybridized carbons (Fsp3) is 0.348. The number of aliphatic hydroxyl groups excluding tert-OH is 2. The third kappa shape index (κ3) is 3.82. The molecule has 1 aromatic carbocycles. The SMILES string of the molecule is C[C@H]1CCCC(c2cccc(C(O)CO)n2)c2nnc(-c3c(F)cccc3F)cc21. The van der Waals surface area contributed by atoms with Gasteiger partial charge in [-0.2, -0.15) is 5.10 Å². The zero-order valence-electron chi connectivity index (χ0n) is 16.6. The third-order valence-electron chi connectivity index (χ3n) is 5.73. The zero-order chi connectivity index (χ0) is 21.3. The highest BCUT2D eigenvalue weighted by Crippen LogP contribution is 2.40. The number of nitrogens with zero attached hydrogens (tertiary/aromatic N) is 3. The molecule has 0 saturated carbocycles. The molecule has 0 radical (unpaired) electrons. The van der Waals surface area contributed by atoms with E-state index < -0.39 is 24.3 Å². The van der Waals surface area contributed by atoms with Gasteiger partial charge in [0.2, 0.25) is 0 Å². The smallest absolute Gasteiger partial charge is 0.135 e. The van der Waals surface area contributed by atoms with Crippen molar-refractivity contribution in [3.63, 3.8) is 0 Å². The molecule has 5 nitrogen and oxygen atoms in total. The largest absolute Gasteiger partial charge is 0.393 e. The summed E-state index contributed by atoms with van der Waals surface area (Å²) in [7, 11) is 0. The molecule has 7 heteroatoms. The monoisotopic (exact) mass is 411 g/mol. The third-order valence-corrected chi connectivity index (χ3v) is 5.73. The highest BCUT2D eigenvalue weighted by molar-refractivity contribution is 5.61. The second-order valence-electron chi connectivity index (χ2n) is 7.74. The van der Waals surface area contributed by atoms with Crippen LogP contribution < -0.4 is 0 Å². The Balaban J connectivity index is 1.81. The average Bonchev–Trinajstić information content (AvgIpc) is 2.92. The van der Waals surface area contributed by atoms with Crippen LogP contribution in [0.25, 0.3) is 11.3 Å². The van der Waals surface area contributed by atoms with Gasteiger partial charge in [0.25, 0.3) is 0 Å². The van der Waals surface area contributed by atoms with Crippen molar-refractivity contribution in [2.24, 2.45) is 0 Å². The Bertz CT molecular complexity index is 1040. The van der Waals surface area contributed by atoms with Gasteiger partial charge in [-0.25, -0.2) is 8.78 Å². The van der Waals surface area contributed by atoms with E-state index in [9.17, 15) is 19.0 Å². The first-order chi connectivity index (χ1) is 14.5. The van der Waals surface area contributed by atoms with Crippen LogP contribution in [0, 0.1) is 11.6 Å². The summed E-state index contributed by atoms with van der Waals surface area (Å²) < 4.78 is 28.6. The number of aliphatic hydroxyl groups is 2. The maximum Gasteiger partial charge on any atom is 0.135 e. The molecule has 3 atom stereocenters. The maximum absolute atomic E-state index is 14.3. The van der Waals surface area contributed by atoms with Crippen molar-refractivity contribution in [1.29, 1.82) is 0 Å². The molecular formula is C23H23F2N3O2. The molecule has 4 rings (SSSR count). The summed E-state index contributed by atoms with van der Waals surface area (Å²) in [6.07, 6.45) is 1.59. The molecule has 0 spiro atoms. The minimum atomic E-state index is -1.05. The van der Waals surface area contributed by atoms with E-state index in [0.29, 0.717) is 5.69 Å². The van der Waals surface area contributed by atoms with E-state index in [2.05, 4.69) is 22.1 Å². The van der Waals surface area contributed by atoms with Crippen molar-refractivity contribution in [2.75, 3.05) is 6.61 Å². The quantitative estimate of drug-likeness (QED) is 0.627. The topological polar surface area (TPSA) is 79.1 Å². The minimum absolute atomic E-state index is 0.150. The van der Waals surface area contributed by atoms with Gasteiger partial charge in [-0.05, 0) is 54.7 Å². The van der Waals surface area contributed by atoms with Crippen molar-refractivity contribution in [2.45, 2.75) is 44.1 Å². The van der Waals surface area contributed by atoms with Gasteiger partial charge < -0.3 is 10.2 Å². The molecular weight excluding hydrogens is 388 g/mol. The van der Waals surface area contributed by atoms with E-state index >= 15 is 0 Å². The van der Waals surface area contributed by atoms with E-state index in [-0.39, 0.29) is 23.1 Å². The fourth-order valence-electron chi connectivity index (χ4n) is 4.10. The predicted octanol–water partition coefficient (Wildman–Crippen LogP) is 4.26. The predicted molar refractivity (Wildman–Crippen MR) is 108 cm³/mol. The number of halogens is 2. The maximum atomic E-state index is 14.3. The van der Waals surface area contributed by atoms with Crippen LogP contribution in [-0.2, 0) is 0 Å². The highest BCUT2D eigenvalue weighted by Gasteiger charge is 2.28. The second-order valence-corrected chi connectivity index (χ2v) is 7.74. The first-order valence-electron chi connectivity index (χ1n) is 10.1. The van der Waals surface area contributed by atoms with Gasteiger partial charge in [0.15, 0.2) is 0 Å². The van der Waals surface area contributed by atoms with Crippen LogP contribution >= 0.6 is 0 Å². The van der Waals surface area contributed by atoms with E-state index in [0.717, 1.165) is 36.2 Å². The standard InChI is InChI=1S/C23H23F2N3O2/c1-13-5-2-6-14(18-9-4-10-19(26-18)21(30)12-29)23-15(13)11-20(27-28-23)22-16(24)7-3-8-17(22)25/h3-4,7-11,13-14,21,29-30H,2,5-6,12H2,1H3/t13-,14?,21?/m0/s1. The second kappa shape index (κ2) is 8.53. The molecule has 2 N–H and O–H groups in total. The van der Waals surface area contributed by atoms with Gasteiger partial charge in [-0.1, -0.05) is 25.5 Å². The lowest BCUT2D eigenvalue weighted by Gasteiger charge is -2.19. The lowest BCUT2D eigenvalue weighted by molar-refractivity contribution is 0.0920. The number of benzene rings is 1. The fourth-order valence-corrected chi connectivity index (χ4v) is 4.10. The van der Waals surface area contributed by atoms with Gasteiger partial charge in [0, 0.05) is 11.6 Å². The van der Waals surface area contributed by atoms with Crippen LogP contribution in [0.5, 0.6) is 0 Å². The molecule has 0 amide bonds. The van der Waals surface area contributed by atoms with Crippen molar-refractivity contribution >= 4 is 0 Å². The van der Waals surface area contributed by atoms with Gasteiger partial charge >= 0.3 is 0 Å². The van der Waals surface area contributed by atoms with Crippen molar-refractivity contribution in [3.05, 3.63) is 76.7 Å². The summed E-state index contributed by atoms with van der Waals surface area (Å²) in [5.74, 6) is -1.34.